The van der Waals surface area contributed by atoms with Crippen molar-refractivity contribution in [3.05, 3.63) is 405 Å². The maximum absolute atomic E-state index is 10.0. The number of rotatable bonds is 12. The molecule has 0 saturated heterocycles. The van der Waals surface area contributed by atoms with Crippen molar-refractivity contribution in [2.45, 2.75) is 20.7 Å². The second-order valence-electron chi connectivity index (χ2n) is 29.5. The Balaban J connectivity index is 0.897. The van der Waals surface area contributed by atoms with Gasteiger partial charge < -0.3 is 18.9 Å². The minimum absolute atomic E-state index is 0.217. The van der Waals surface area contributed by atoms with E-state index in [0.717, 1.165) is 206 Å². The van der Waals surface area contributed by atoms with Gasteiger partial charge in [-0.3, -0.25) is 0 Å². The standard InChI is InChI=1S/C105H73BN4/c1-68-56-89(73-32-12-6-13-33-73)104(91(58-68)81-42-26-40-79(64-81)77-38-24-36-75(62-77)71-28-8-4-9-29-71)109-99-66-83(107-95-48-20-16-44-85(95)86-45-17-21-49-96(86)107)52-54-93(99)106-94-55-53-84(108-97-50-22-18-46-87(97)88-47-19-23-51-98(88)108)67-100(94)110(102-61-70(3)60-101(109)103(102)106)105-90(74-34-14-7-15-35-74)57-69(2)59-92(105)82-43-27-41-80(65-82)78-39-25-37-76(63-78)72-30-10-5-11-31-72/h4-67H,1-3H3/i3D3. The zero-order chi connectivity index (χ0) is 75.6. The summed E-state index contributed by atoms with van der Waals surface area (Å²) in [6.45, 7) is 1.34. The predicted octanol–water partition coefficient (Wildman–Crippen LogP) is 26.2. The van der Waals surface area contributed by atoms with Crippen LogP contribution in [0.1, 0.15) is 20.8 Å². The first-order valence-electron chi connectivity index (χ1n) is 39.5. The molecule has 0 aliphatic carbocycles. The van der Waals surface area contributed by atoms with E-state index in [2.05, 4.69) is 409 Å². The lowest BCUT2D eigenvalue weighted by Gasteiger charge is -2.46. The molecular weight excluding hydrogens is 1330 g/mol. The van der Waals surface area contributed by atoms with E-state index in [4.69, 9.17) is 0 Å². The molecule has 19 aromatic rings. The Hall–Kier alpha value is -14.0. The van der Waals surface area contributed by atoms with Crippen LogP contribution in [0.5, 0.6) is 0 Å². The Labute approximate surface area is 645 Å². The van der Waals surface area contributed by atoms with Gasteiger partial charge in [0.1, 0.15) is 0 Å². The van der Waals surface area contributed by atoms with Gasteiger partial charge in [-0.05, 0) is 230 Å². The molecule has 0 bridgehead atoms. The SMILES string of the molecule is [2H]C([2H])([2H])c1cc2c3c(c1)N(c1c(-c4ccccc4)cc(C)cc1-c1cccc(-c4cccc(-c5ccccc5)c4)c1)c1cc(-n4c5ccccc5c5ccccc54)ccc1B3c1ccc(-n3c4ccccc4c4ccccc43)cc1N2c1c(-c2ccccc2)cc(C)cc1-c1cccc(-c2cccc(-c3ccccc3)c2)c1. The van der Waals surface area contributed by atoms with Crippen molar-refractivity contribution < 1.29 is 4.11 Å². The van der Waals surface area contributed by atoms with Gasteiger partial charge in [0, 0.05) is 82.0 Å². The van der Waals surface area contributed by atoms with Crippen LogP contribution in [-0.2, 0) is 0 Å². The minimum atomic E-state index is -2.61. The molecule has 0 unspecified atom stereocenters. The fourth-order valence-corrected chi connectivity index (χ4v) is 18.0. The molecule has 17 aromatic carbocycles. The van der Waals surface area contributed by atoms with Crippen molar-refractivity contribution in [3.63, 3.8) is 0 Å². The van der Waals surface area contributed by atoms with E-state index in [1.807, 2.05) is 12.1 Å². The van der Waals surface area contributed by atoms with Gasteiger partial charge in [-0.15, -0.1) is 0 Å². The van der Waals surface area contributed by atoms with E-state index >= 15 is 0 Å². The summed E-state index contributed by atoms with van der Waals surface area (Å²) >= 11 is 0. The molecule has 2 aromatic heterocycles. The van der Waals surface area contributed by atoms with Crippen LogP contribution >= 0.6 is 0 Å². The van der Waals surface area contributed by atoms with Crippen molar-refractivity contribution in [3.8, 4) is 100 Å². The molecule has 5 heteroatoms. The third-order valence-corrected chi connectivity index (χ3v) is 22.8. The van der Waals surface area contributed by atoms with E-state index in [9.17, 15) is 4.11 Å². The highest BCUT2D eigenvalue weighted by Crippen LogP contribution is 2.55. The molecule has 2 aliphatic rings. The summed E-state index contributed by atoms with van der Waals surface area (Å²) in [4.78, 5) is 4.96. The van der Waals surface area contributed by atoms with Crippen LogP contribution in [0, 0.1) is 20.7 Å². The molecule has 2 aliphatic heterocycles. The summed E-state index contributed by atoms with van der Waals surface area (Å²) in [5.41, 5.74) is 34.1. The van der Waals surface area contributed by atoms with Gasteiger partial charge in [0.05, 0.1) is 33.4 Å². The highest BCUT2D eigenvalue weighted by Gasteiger charge is 2.46. The molecule has 0 atom stereocenters. The smallest absolute Gasteiger partial charge is 0.252 e. The number of hydrogen-bond donors (Lipinski definition) is 0. The predicted molar refractivity (Wildman–Crippen MR) is 467 cm³/mol. The monoisotopic (exact) mass is 1400 g/mol. The van der Waals surface area contributed by atoms with E-state index in [-0.39, 0.29) is 5.56 Å². The minimum Gasteiger partial charge on any atom is -0.310 e. The molecule has 0 radical (unpaired) electrons. The molecule has 0 saturated carbocycles. The zero-order valence-corrected chi connectivity index (χ0v) is 60.8. The van der Waals surface area contributed by atoms with Gasteiger partial charge in [0.15, 0.2) is 0 Å². The normalized spacial score (nSPS) is 12.8. The van der Waals surface area contributed by atoms with Crippen LogP contribution in [0.15, 0.2) is 388 Å². The van der Waals surface area contributed by atoms with Crippen molar-refractivity contribution in [1.29, 1.82) is 0 Å². The summed E-state index contributed by atoms with van der Waals surface area (Å²) in [7, 11) is 0. The topological polar surface area (TPSA) is 16.3 Å². The molecule has 110 heavy (non-hydrogen) atoms. The summed E-state index contributed by atoms with van der Waals surface area (Å²) < 4.78 is 34.9. The molecular formula is C105H73BN4. The first-order valence-corrected chi connectivity index (χ1v) is 38.0. The molecule has 0 N–H and O–H groups in total. The quantitative estimate of drug-likeness (QED) is 0.113. The lowest BCUT2D eigenvalue weighted by Crippen LogP contribution is -2.61. The third kappa shape index (κ3) is 10.7. The number of anilines is 6. The van der Waals surface area contributed by atoms with Crippen LogP contribution in [0.4, 0.5) is 34.1 Å². The lowest BCUT2D eigenvalue weighted by atomic mass is 9.33. The summed E-state index contributed by atoms with van der Waals surface area (Å²) in [5, 5.41) is 4.63. The number of para-hydroxylation sites is 4. The van der Waals surface area contributed by atoms with Crippen LogP contribution < -0.4 is 26.2 Å². The zero-order valence-electron chi connectivity index (χ0n) is 63.8. The number of aryl methyl sites for hydroxylation is 3. The fourth-order valence-electron chi connectivity index (χ4n) is 18.0. The van der Waals surface area contributed by atoms with Gasteiger partial charge in [0.25, 0.3) is 6.71 Å². The third-order valence-electron chi connectivity index (χ3n) is 22.8. The molecule has 0 amide bonds. The maximum atomic E-state index is 10.0. The van der Waals surface area contributed by atoms with Gasteiger partial charge in [-0.1, -0.05) is 279 Å². The maximum Gasteiger partial charge on any atom is 0.252 e. The van der Waals surface area contributed by atoms with E-state index in [0.29, 0.717) is 0 Å². The summed E-state index contributed by atoms with van der Waals surface area (Å²) in [6, 6.07) is 141. The van der Waals surface area contributed by atoms with Gasteiger partial charge >= 0.3 is 0 Å². The van der Waals surface area contributed by atoms with Crippen LogP contribution in [-0.4, -0.2) is 15.8 Å². The molecule has 516 valence electrons. The molecule has 4 heterocycles. The first kappa shape index (κ1) is 61.2. The molecule has 0 spiro atoms. The summed E-state index contributed by atoms with van der Waals surface area (Å²) in [6.07, 6.45) is 0. The highest BCUT2D eigenvalue weighted by atomic mass is 15.2. The molecule has 4 nitrogen and oxygen atoms in total. The van der Waals surface area contributed by atoms with Crippen molar-refractivity contribution in [2.24, 2.45) is 0 Å². The highest BCUT2D eigenvalue weighted by molar-refractivity contribution is 7.00. The first-order chi connectivity index (χ1) is 55.5. The Morgan fingerprint density at radius 2 is 0.509 bits per heavy atom. The van der Waals surface area contributed by atoms with E-state index in [1.54, 1.807) is 0 Å². The largest absolute Gasteiger partial charge is 0.310 e. The van der Waals surface area contributed by atoms with Crippen LogP contribution in [0.2, 0.25) is 0 Å². The van der Waals surface area contributed by atoms with E-state index < -0.39 is 13.6 Å². The average Bonchev–Trinajstić information content (AvgIpc) is 1.16. The Kier molecular flexibility index (Phi) is 14.6. The van der Waals surface area contributed by atoms with E-state index in [1.165, 1.54) is 0 Å². The Bertz CT molecular complexity index is 6510. The second kappa shape index (κ2) is 26.2. The lowest BCUT2D eigenvalue weighted by molar-refractivity contribution is 1.16. The molecule has 0 fully saturated rings. The fraction of sp³-hybridized carbons (Fsp3) is 0.0286. The average molecular weight is 1400 g/mol. The van der Waals surface area contributed by atoms with Gasteiger partial charge in [-0.25, -0.2) is 0 Å². The molecule has 21 rings (SSSR count). The summed E-state index contributed by atoms with van der Waals surface area (Å²) in [5.74, 6) is 0. The number of fused-ring (bicyclic) bond motifs is 10. The van der Waals surface area contributed by atoms with Crippen molar-refractivity contribution in [1.82, 2.24) is 9.13 Å². The number of aromatic nitrogens is 2. The number of nitrogens with zero attached hydrogens (tertiary/aromatic N) is 4. The Morgan fingerprint density at radius 3 is 0.855 bits per heavy atom. The van der Waals surface area contributed by atoms with Crippen LogP contribution in [0.3, 0.4) is 0 Å². The Morgan fingerprint density at radius 1 is 0.227 bits per heavy atom. The van der Waals surface area contributed by atoms with Crippen LogP contribution in [0.25, 0.3) is 144 Å². The van der Waals surface area contributed by atoms with Crippen molar-refractivity contribution in [2.75, 3.05) is 9.80 Å². The number of hydrogen-bond acceptors (Lipinski definition) is 2. The van der Waals surface area contributed by atoms with Crippen molar-refractivity contribution >= 4 is 101 Å². The van der Waals surface area contributed by atoms with Gasteiger partial charge in [-0.2, -0.15) is 0 Å². The second-order valence-corrected chi connectivity index (χ2v) is 29.5. The number of benzene rings is 17. The van der Waals surface area contributed by atoms with Gasteiger partial charge in [0.2, 0.25) is 0 Å².